The molecular weight excluding hydrogens is 342 g/mol. The monoisotopic (exact) mass is 365 g/mol. The van der Waals surface area contributed by atoms with Crippen LogP contribution >= 0.6 is 0 Å². The third kappa shape index (κ3) is 3.06. The van der Waals surface area contributed by atoms with Gasteiger partial charge in [0, 0.05) is 31.2 Å². The molecule has 0 N–H and O–H groups in total. The minimum absolute atomic E-state index is 0.128. The number of nitrogens with zero attached hydrogens (tertiary/aromatic N) is 1. The zero-order chi connectivity index (χ0) is 18.3. The van der Waals surface area contributed by atoms with Gasteiger partial charge in [-0.15, -0.1) is 0 Å². The first-order valence-electron chi connectivity index (χ1n) is 9.49. The molecule has 1 fully saturated rings. The molecule has 1 aliphatic carbocycles. The lowest BCUT2D eigenvalue weighted by Crippen LogP contribution is -2.29. The standard InChI is InChI=1S/C22H23NO4/c1-24-20-7-6-17(19-13-22(27-23-19)8-9-25-14-22)12-21(20)26-18-10-15-4-2-3-5-16(15)11-18/h2-7,12,18H,8-11,13-14H2,1H3/t22-/m0/s1. The molecule has 0 bridgehead atoms. The van der Waals surface area contributed by atoms with Crippen molar-refractivity contribution < 1.29 is 19.0 Å². The molecule has 1 saturated heterocycles. The maximum absolute atomic E-state index is 6.35. The largest absolute Gasteiger partial charge is 0.493 e. The predicted molar refractivity (Wildman–Crippen MR) is 102 cm³/mol. The first-order valence-corrected chi connectivity index (χ1v) is 9.49. The van der Waals surface area contributed by atoms with Gasteiger partial charge in [0.05, 0.1) is 26.0 Å². The van der Waals surface area contributed by atoms with Crippen LogP contribution in [0, 0.1) is 0 Å². The van der Waals surface area contributed by atoms with E-state index < -0.39 is 0 Å². The summed E-state index contributed by atoms with van der Waals surface area (Å²) >= 11 is 0. The summed E-state index contributed by atoms with van der Waals surface area (Å²) in [4.78, 5) is 5.73. The van der Waals surface area contributed by atoms with Crippen LogP contribution in [0.5, 0.6) is 11.5 Å². The second kappa shape index (κ2) is 6.57. The Morgan fingerprint density at radius 1 is 1.07 bits per heavy atom. The minimum Gasteiger partial charge on any atom is -0.493 e. The molecule has 27 heavy (non-hydrogen) atoms. The fourth-order valence-corrected chi connectivity index (χ4v) is 4.21. The van der Waals surface area contributed by atoms with Crippen molar-refractivity contribution in [3.8, 4) is 11.5 Å². The maximum Gasteiger partial charge on any atom is 0.168 e. The van der Waals surface area contributed by atoms with E-state index >= 15 is 0 Å². The molecule has 1 atom stereocenters. The van der Waals surface area contributed by atoms with E-state index in [1.807, 2.05) is 18.2 Å². The number of ether oxygens (including phenoxy) is 3. The fraction of sp³-hybridized carbons (Fsp3) is 0.409. The van der Waals surface area contributed by atoms with Crippen LogP contribution in [0.3, 0.4) is 0 Å². The molecule has 2 aromatic carbocycles. The van der Waals surface area contributed by atoms with E-state index in [0.717, 1.165) is 55.1 Å². The highest BCUT2D eigenvalue weighted by atomic mass is 16.7. The molecular formula is C22H23NO4. The van der Waals surface area contributed by atoms with Crippen LogP contribution in [0.2, 0.25) is 0 Å². The van der Waals surface area contributed by atoms with Crippen molar-refractivity contribution in [3.05, 3.63) is 59.2 Å². The van der Waals surface area contributed by atoms with E-state index in [4.69, 9.17) is 19.0 Å². The van der Waals surface area contributed by atoms with E-state index in [2.05, 4.69) is 29.4 Å². The Bertz CT molecular complexity index is 861. The molecule has 0 aromatic heterocycles. The number of oxime groups is 1. The van der Waals surface area contributed by atoms with E-state index in [0.29, 0.717) is 6.61 Å². The van der Waals surface area contributed by atoms with Gasteiger partial charge in [-0.2, -0.15) is 0 Å². The molecule has 0 unspecified atom stereocenters. The Hall–Kier alpha value is -2.53. The Balaban J connectivity index is 1.36. The van der Waals surface area contributed by atoms with Gasteiger partial charge in [-0.1, -0.05) is 29.4 Å². The van der Waals surface area contributed by atoms with E-state index in [9.17, 15) is 0 Å². The van der Waals surface area contributed by atoms with E-state index in [1.165, 1.54) is 11.1 Å². The van der Waals surface area contributed by atoms with Crippen LogP contribution in [0.4, 0.5) is 0 Å². The van der Waals surface area contributed by atoms with E-state index in [-0.39, 0.29) is 11.7 Å². The van der Waals surface area contributed by atoms with Gasteiger partial charge in [-0.05, 0) is 29.3 Å². The summed E-state index contributed by atoms with van der Waals surface area (Å²) in [5.74, 6) is 1.51. The quantitative estimate of drug-likeness (QED) is 0.832. The highest BCUT2D eigenvalue weighted by Crippen LogP contribution is 2.37. The molecule has 0 radical (unpaired) electrons. The fourth-order valence-electron chi connectivity index (χ4n) is 4.21. The predicted octanol–water partition coefficient (Wildman–Crippen LogP) is 3.52. The Morgan fingerprint density at radius 2 is 1.89 bits per heavy atom. The van der Waals surface area contributed by atoms with Gasteiger partial charge in [-0.3, -0.25) is 0 Å². The average molecular weight is 365 g/mol. The topological polar surface area (TPSA) is 49.3 Å². The van der Waals surface area contributed by atoms with Crippen molar-refractivity contribution in [2.45, 2.75) is 37.4 Å². The third-order valence-electron chi connectivity index (χ3n) is 5.71. The molecule has 5 nitrogen and oxygen atoms in total. The SMILES string of the molecule is COc1ccc(C2=NO[C@@]3(CCOC3)C2)cc1OC1Cc2ccccc2C1. The molecule has 0 amide bonds. The van der Waals surface area contributed by atoms with Crippen molar-refractivity contribution in [1.82, 2.24) is 0 Å². The number of hydrogen-bond acceptors (Lipinski definition) is 5. The first-order chi connectivity index (χ1) is 13.2. The van der Waals surface area contributed by atoms with Gasteiger partial charge in [0.25, 0.3) is 0 Å². The summed E-state index contributed by atoms with van der Waals surface area (Å²) < 4.78 is 17.4. The molecule has 2 heterocycles. The van der Waals surface area contributed by atoms with Crippen molar-refractivity contribution in [2.75, 3.05) is 20.3 Å². The summed E-state index contributed by atoms with van der Waals surface area (Å²) in [6, 6.07) is 14.5. The van der Waals surface area contributed by atoms with Gasteiger partial charge < -0.3 is 19.0 Å². The average Bonchev–Trinajstić information content (AvgIpc) is 3.42. The van der Waals surface area contributed by atoms with Crippen molar-refractivity contribution in [1.29, 1.82) is 0 Å². The molecule has 0 saturated carbocycles. The maximum atomic E-state index is 6.35. The van der Waals surface area contributed by atoms with Gasteiger partial charge in [0.2, 0.25) is 0 Å². The zero-order valence-corrected chi connectivity index (χ0v) is 15.4. The molecule has 2 aliphatic heterocycles. The second-order valence-electron chi connectivity index (χ2n) is 7.57. The summed E-state index contributed by atoms with van der Waals surface area (Å²) in [6.45, 7) is 1.35. The Kier molecular flexibility index (Phi) is 4.05. The summed E-state index contributed by atoms with van der Waals surface area (Å²) in [7, 11) is 1.67. The second-order valence-corrected chi connectivity index (χ2v) is 7.57. The Morgan fingerprint density at radius 3 is 2.59 bits per heavy atom. The molecule has 140 valence electrons. The van der Waals surface area contributed by atoms with Gasteiger partial charge in [-0.25, -0.2) is 0 Å². The highest BCUT2D eigenvalue weighted by Gasteiger charge is 2.43. The van der Waals surface area contributed by atoms with Gasteiger partial charge in [0.1, 0.15) is 6.10 Å². The van der Waals surface area contributed by atoms with E-state index in [1.54, 1.807) is 7.11 Å². The van der Waals surface area contributed by atoms with Crippen molar-refractivity contribution >= 4 is 5.71 Å². The molecule has 5 heteroatoms. The van der Waals surface area contributed by atoms with Crippen LogP contribution in [0.15, 0.2) is 47.6 Å². The third-order valence-corrected chi connectivity index (χ3v) is 5.71. The summed E-state index contributed by atoms with van der Waals surface area (Å²) in [5.41, 5.74) is 4.43. The lowest BCUT2D eigenvalue weighted by atomic mass is 9.93. The van der Waals surface area contributed by atoms with Crippen LogP contribution in [0.25, 0.3) is 0 Å². The number of rotatable bonds is 4. The lowest BCUT2D eigenvalue weighted by Gasteiger charge is -2.18. The van der Waals surface area contributed by atoms with Crippen LogP contribution in [0.1, 0.15) is 29.5 Å². The smallest absolute Gasteiger partial charge is 0.168 e. The summed E-state index contributed by atoms with van der Waals surface area (Å²) in [6.07, 6.45) is 3.64. The first kappa shape index (κ1) is 16.6. The molecule has 5 rings (SSSR count). The van der Waals surface area contributed by atoms with Crippen LogP contribution in [-0.4, -0.2) is 37.7 Å². The normalized spacial score (nSPS) is 24.0. The van der Waals surface area contributed by atoms with Crippen molar-refractivity contribution in [3.63, 3.8) is 0 Å². The Labute approximate surface area is 158 Å². The number of fused-ring (bicyclic) bond motifs is 1. The lowest BCUT2D eigenvalue weighted by molar-refractivity contribution is -0.0237. The highest BCUT2D eigenvalue weighted by molar-refractivity contribution is 6.02. The van der Waals surface area contributed by atoms with Crippen LogP contribution in [-0.2, 0) is 22.4 Å². The van der Waals surface area contributed by atoms with Gasteiger partial charge >= 0.3 is 0 Å². The number of hydrogen-bond donors (Lipinski definition) is 0. The van der Waals surface area contributed by atoms with Gasteiger partial charge in [0.15, 0.2) is 17.1 Å². The molecule has 1 spiro atoms. The van der Waals surface area contributed by atoms with Crippen molar-refractivity contribution in [2.24, 2.45) is 5.16 Å². The molecule has 2 aromatic rings. The van der Waals surface area contributed by atoms with Crippen LogP contribution < -0.4 is 9.47 Å². The molecule has 3 aliphatic rings. The summed E-state index contributed by atoms with van der Waals surface area (Å²) in [5, 5.41) is 4.34. The number of benzene rings is 2. The number of methoxy groups -OCH3 is 1. The minimum atomic E-state index is -0.274. The zero-order valence-electron chi connectivity index (χ0n) is 15.4.